The first-order valence-electron chi connectivity index (χ1n) is 3.77. The molecule has 1 nitrogen and oxygen atoms in total. The summed E-state index contributed by atoms with van der Waals surface area (Å²) < 4.78 is 0. The molecular weight excluding hydrogens is 110 g/mol. The van der Waals surface area contributed by atoms with E-state index in [-0.39, 0.29) is 0 Å². The predicted octanol–water partition coefficient (Wildman–Crippen LogP) is 1.81. The van der Waals surface area contributed by atoms with Crippen LogP contribution in [0.25, 0.3) is 0 Å². The van der Waals surface area contributed by atoms with Crippen molar-refractivity contribution in [3.8, 4) is 0 Å². The van der Waals surface area contributed by atoms with Crippen LogP contribution in [0.15, 0.2) is 12.2 Å². The van der Waals surface area contributed by atoms with Gasteiger partial charge in [0, 0.05) is 13.1 Å². The molecule has 1 atom stereocenters. The molecule has 1 unspecified atom stereocenters. The van der Waals surface area contributed by atoms with Crippen molar-refractivity contribution in [3.63, 3.8) is 0 Å². The summed E-state index contributed by atoms with van der Waals surface area (Å²) in [5.74, 6) is 0.744. The molecule has 0 aromatic rings. The van der Waals surface area contributed by atoms with Crippen molar-refractivity contribution in [1.82, 2.24) is 5.32 Å². The van der Waals surface area contributed by atoms with Crippen molar-refractivity contribution in [2.75, 3.05) is 13.1 Å². The van der Waals surface area contributed by atoms with E-state index < -0.39 is 0 Å². The zero-order valence-corrected chi connectivity index (χ0v) is 6.65. The molecule has 0 aromatic carbocycles. The van der Waals surface area contributed by atoms with Crippen LogP contribution in [0.3, 0.4) is 0 Å². The lowest BCUT2D eigenvalue weighted by Gasteiger charge is -2.10. The smallest absolute Gasteiger partial charge is 0.0135 e. The summed E-state index contributed by atoms with van der Waals surface area (Å²) in [5, 5.41) is 3.25. The molecule has 0 radical (unpaired) electrons. The van der Waals surface area contributed by atoms with E-state index in [1.165, 1.54) is 0 Å². The standard InChI is InChI=1S/C6H11N.C2H6/c1-6-3-2-4-7-5-6;1-2/h2-3,6-7H,4-5H2,1H3;1-2H3. The minimum absolute atomic E-state index is 0.744. The Kier molecular flexibility index (Phi) is 5.64. The van der Waals surface area contributed by atoms with Gasteiger partial charge in [-0.05, 0) is 5.92 Å². The highest BCUT2D eigenvalue weighted by Gasteiger charge is 1.97. The number of hydrogen-bond donors (Lipinski definition) is 1. The molecule has 1 rings (SSSR count). The molecule has 0 fully saturated rings. The third kappa shape index (κ3) is 4.22. The normalized spacial score (nSPS) is 24.6. The zero-order valence-electron chi connectivity index (χ0n) is 6.65. The molecule has 0 spiro atoms. The maximum absolute atomic E-state index is 3.25. The summed E-state index contributed by atoms with van der Waals surface area (Å²) in [7, 11) is 0. The topological polar surface area (TPSA) is 12.0 Å². The lowest BCUT2D eigenvalue weighted by atomic mass is 10.1. The first kappa shape index (κ1) is 8.70. The summed E-state index contributed by atoms with van der Waals surface area (Å²) in [5.41, 5.74) is 0. The van der Waals surface area contributed by atoms with Crippen LogP contribution >= 0.6 is 0 Å². The van der Waals surface area contributed by atoms with Crippen LogP contribution in [-0.4, -0.2) is 13.1 Å². The Morgan fingerprint density at radius 1 is 1.44 bits per heavy atom. The molecule has 0 bridgehead atoms. The Balaban J connectivity index is 0.000000291. The Labute approximate surface area is 58.2 Å². The molecule has 1 aliphatic heterocycles. The van der Waals surface area contributed by atoms with E-state index in [0.717, 1.165) is 19.0 Å². The lowest BCUT2D eigenvalue weighted by molar-refractivity contribution is 0.599. The van der Waals surface area contributed by atoms with Gasteiger partial charge in [-0.2, -0.15) is 0 Å². The Morgan fingerprint density at radius 3 is 2.33 bits per heavy atom. The molecule has 0 saturated carbocycles. The van der Waals surface area contributed by atoms with Gasteiger partial charge in [0.25, 0.3) is 0 Å². The molecule has 1 heterocycles. The molecule has 9 heavy (non-hydrogen) atoms. The van der Waals surface area contributed by atoms with Crippen LogP contribution in [0.1, 0.15) is 20.8 Å². The van der Waals surface area contributed by atoms with Crippen LogP contribution in [0.4, 0.5) is 0 Å². The fraction of sp³-hybridized carbons (Fsp3) is 0.750. The molecule has 0 aliphatic carbocycles. The summed E-state index contributed by atoms with van der Waals surface area (Å²) in [6.45, 7) is 8.42. The average molecular weight is 127 g/mol. The van der Waals surface area contributed by atoms with Crippen LogP contribution in [0, 0.1) is 5.92 Å². The molecule has 0 saturated heterocycles. The molecule has 1 aliphatic rings. The van der Waals surface area contributed by atoms with Gasteiger partial charge >= 0.3 is 0 Å². The number of nitrogens with one attached hydrogen (secondary N) is 1. The number of rotatable bonds is 0. The highest BCUT2D eigenvalue weighted by Crippen LogP contribution is 1.97. The minimum atomic E-state index is 0.744. The van der Waals surface area contributed by atoms with Gasteiger partial charge in [0.05, 0.1) is 0 Å². The Morgan fingerprint density at radius 2 is 2.11 bits per heavy atom. The number of hydrogen-bond acceptors (Lipinski definition) is 1. The van der Waals surface area contributed by atoms with Crippen molar-refractivity contribution >= 4 is 0 Å². The van der Waals surface area contributed by atoms with E-state index in [1.54, 1.807) is 0 Å². The molecule has 0 aromatic heterocycles. The maximum atomic E-state index is 3.25. The maximum Gasteiger partial charge on any atom is 0.0135 e. The third-order valence-electron chi connectivity index (χ3n) is 1.19. The van der Waals surface area contributed by atoms with Gasteiger partial charge < -0.3 is 5.32 Å². The van der Waals surface area contributed by atoms with E-state index >= 15 is 0 Å². The summed E-state index contributed by atoms with van der Waals surface area (Å²) in [6.07, 6.45) is 4.42. The van der Waals surface area contributed by atoms with Crippen molar-refractivity contribution in [3.05, 3.63) is 12.2 Å². The summed E-state index contributed by atoms with van der Waals surface area (Å²) in [6, 6.07) is 0. The van der Waals surface area contributed by atoms with Gasteiger partial charge in [0.15, 0.2) is 0 Å². The predicted molar refractivity (Wildman–Crippen MR) is 42.5 cm³/mol. The monoisotopic (exact) mass is 127 g/mol. The molecule has 54 valence electrons. The van der Waals surface area contributed by atoms with Crippen molar-refractivity contribution in [2.24, 2.45) is 5.92 Å². The van der Waals surface area contributed by atoms with E-state index in [1.807, 2.05) is 13.8 Å². The van der Waals surface area contributed by atoms with Crippen LogP contribution in [0.5, 0.6) is 0 Å². The van der Waals surface area contributed by atoms with Gasteiger partial charge in [-0.25, -0.2) is 0 Å². The van der Waals surface area contributed by atoms with Gasteiger partial charge in [0.2, 0.25) is 0 Å². The van der Waals surface area contributed by atoms with Crippen LogP contribution in [-0.2, 0) is 0 Å². The van der Waals surface area contributed by atoms with Gasteiger partial charge in [-0.1, -0.05) is 32.9 Å². The Bertz CT molecular complexity index is 76.6. The van der Waals surface area contributed by atoms with Gasteiger partial charge in [0.1, 0.15) is 0 Å². The molecular formula is C8H17N. The Hall–Kier alpha value is -0.300. The van der Waals surface area contributed by atoms with Gasteiger partial charge in [-0.3, -0.25) is 0 Å². The first-order valence-corrected chi connectivity index (χ1v) is 3.77. The fourth-order valence-electron chi connectivity index (χ4n) is 0.763. The highest BCUT2D eigenvalue weighted by molar-refractivity contribution is 4.93. The second-order valence-electron chi connectivity index (χ2n) is 2.06. The van der Waals surface area contributed by atoms with Gasteiger partial charge in [-0.15, -0.1) is 0 Å². The SMILES string of the molecule is CC.CC1C=CCNC1. The van der Waals surface area contributed by atoms with E-state index in [9.17, 15) is 0 Å². The summed E-state index contributed by atoms with van der Waals surface area (Å²) >= 11 is 0. The molecule has 1 heteroatoms. The quantitative estimate of drug-likeness (QED) is 0.489. The summed E-state index contributed by atoms with van der Waals surface area (Å²) in [4.78, 5) is 0. The van der Waals surface area contributed by atoms with Crippen molar-refractivity contribution in [2.45, 2.75) is 20.8 Å². The van der Waals surface area contributed by atoms with E-state index in [2.05, 4.69) is 24.4 Å². The highest BCUT2D eigenvalue weighted by atomic mass is 14.9. The van der Waals surface area contributed by atoms with E-state index in [4.69, 9.17) is 0 Å². The van der Waals surface area contributed by atoms with Crippen LogP contribution < -0.4 is 5.32 Å². The molecule has 0 amide bonds. The van der Waals surface area contributed by atoms with Crippen molar-refractivity contribution < 1.29 is 0 Å². The van der Waals surface area contributed by atoms with E-state index in [0.29, 0.717) is 0 Å². The second kappa shape index (κ2) is 5.83. The first-order chi connectivity index (χ1) is 4.39. The lowest BCUT2D eigenvalue weighted by Crippen LogP contribution is -2.23. The third-order valence-corrected chi connectivity index (χ3v) is 1.19. The second-order valence-corrected chi connectivity index (χ2v) is 2.06. The molecule has 1 N–H and O–H groups in total. The minimum Gasteiger partial charge on any atom is -0.313 e. The largest absolute Gasteiger partial charge is 0.313 e. The zero-order chi connectivity index (χ0) is 7.11. The van der Waals surface area contributed by atoms with Crippen molar-refractivity contribution in [1.29, 1.82) is 0 Å². The fourth-order valence-corrected chi connectivity index (χ4v) is 0.763. The van der Waals surface area contributed by atoms with Crippen LogP contribution in [0.2, 0.25) is 0 Å². The average Bonchev–Trinajstić information content (AvgIpc) is 1.94.